The molecule has 9 heterocycles. The molecule has 1 N–H and O–H groups in total. The molecule has 0 unspecified atom stereocenters. The maximum Gasteiger partial charge on any atom is 0.133 e. The molecule has 11 aromatic rings. The number of aromatic nitrogens is 15. The van der Waals surface area contributed by atoms with Crippen LogP contribution in [0.25, 0.3) is 21.9 Å². The van der Waals surface area contributed by atoms with Crippen molar-refractivity contribution >= 4 is 21.9 Å². The van der Waals surface area contributed by atoms with Crippen LogP contribution >= 0.6 is 0 Å². The van der Waals surface area contributed by atoms with Gasteiger partial charge < -0.3 is 4.98 Å². The molecule has 0 bridgehead atoms. The third kappa shape index (κ3) is 40.1. The lowest BCUT2D eigenvalue weighted by Gasteiger charge is -2.23. The van der Waals surface area contributed by atoms with Crippen molar-refractivity contribution in [2.45, 2.75) is 471 Å². The summed E-state index contributed by atoms with van der Waals surface area (Å²) in [5.41, 5.74) is 23.2. The number of fused-ring (bicyclic) bond motifs is 2. The van der Waals surface area contributed by atoms with Crippen molar-refractivity contribution in [3.63, 3.8) is 0 Å². The molecule has 0 spiro atoms. The van der Waals surface area contributed by atoms with Gasteiger partial charge in [0.1, 0.15) is 23.8 Å². The maximum absolute atomic E-state index is 4.65. The first-order valence-electron chi connectivity index (χ1n) is 48.3. The molecular weight excluding hydrogens is 1630 g/mol. The average Bonchev–Trinajstić information content (AvgIpc) is 1.74. The van der Waals surface area contributed by atoms with E-state index in [0.29, 0.717) is 0 Å². The molecule has 0 aliphatic rings. The second-order valence-electron chi connectivity index (χ2n) is 54.8. The maximum atomic E-state index is 4.65. The van der Waals surface area contributed by atoms with E-state index in [-0.39, 0.29) is 97.5 Å². The van der Waals surface area contributed by atoms with Gasteiger partial charge in [0.15, 0.2) is 0 Å². The quantitative estimate of drug-likeness (QED) is 0.150. The molecule has 11 rings (SSSR count). The molecule has 0 saturated heterocycles. The molecule has 0 aliphatic carbocycles. The van der Waals surface area contributed by atoms with E-state index >= 15 is 0 Å². The van der Waals surface area contributed by atoms with Crippen LogP contribution in [0.2, 0.25) is 0 Å². The van der Waals surface area contributed by atoms with E-state index in [1.807, 2.05) is 74.2 Å². The van der Waals surface area contributed by atoms with Crippen LogP contribution in [0.15, 0.2) is 147 Å². The number of hydrogen-bond acceptors (Lipinski definition) is 14. The highest BCUT2D eigenvalue weighted by atomic mass is 14.9. The Balaban J connectivity index is 0.000000386. The lowest BCUT2D eigenvalue weighted by molar-refractivity contribution is 0.513. The van der Waals surface area contributed by atoms with Gasteiger partial charge in [-0.3, -0.25) is 34.9 Å². The zero-order valence-electron chi connectivity index (χ0n) is 94.6. The number of H-pyrrole nitrogens is 1. The largest absolute Gasteiger partial charge is 0.342 e. The topological polar surface area (TPSA) is 196 Å². The van der Waals surface area contributed by atoms with E-state index in [2.05, 4.69) is 515 Å². The van der Waals surface area contributed by atoms with Gasteiger partial charge in [-0.15, -0.1) is 0 Å². The average molecular weight is 1820 g/mol. The predicted molar refractivity (Wildman–Crippen MR) is 573 cm³/mol. The Hall–Kier alpha value is -8.98. The van der Waals surface area contributed by atoms with E-state index < -0.39 is 0 Å². The van der Waals surface area contributed by atoms with Gasteiger partial charge in [0.25, 0.3) is 0 Å². The summed E-state index contributed by atoms with van der Waals surface area (Å²) in [6.45, 7) is 118. The fourth-order valence-electron chi connectivity index (χ4n) is 12.0. The molecule has 0 radical (unpaired) electrons. The van der Waals surface area contributed by atoms with E-state index in [4.69, 9.17) is 0 Å². The smallest absolute Gasteiger partial charge is 0.133 e. The highest BCUT2D eigenvalue weighted by Crippen LogP contribution is 2.36. The Bertz CT molecular complexity index is 4690. The zero-order chi connectivity index (χ0) is 103. The summed E-state index contributed by atoms with van der Waals surface area (Å²) in [6, 6.07) is 26.1. The first kappa shape index (κ1) is 118. The van der Waals surface area contributed by atoms with Gasteiger partial charge in [0.05, 0.1) is 39.3 Å². The Morgan fingerprint density at radius 2 is 0.526 bits per heavy atom. The Kier molecular flexibility index (Phi) is 39.1. The number of imidazole rings is 1. The van der Waals surface area contributed by atoms with Crippen LogP contribution in [0.1, 0.15) is 476 Å². The third-order valence-corrected chi connectivity index (χ3v) is 22.2. The normalized spacial score (nSPS) is 13.0. The first-order chi connectivity index (χ1) is 59.3. The minimum Gasteiger partial charge on any atom is -0.342 e. The molecule has 0 fully saturated rings. The summed E-state index contributed by atoms with van der Waals surface area (Å²) in [6.07, 6.45) is 22.8. The van der Waals surface area contributed by atoms with Crippen molar-refractivity contribution in [1.82, 2.24) is 74.8 Å². The van der Waals surface area contributed by atoms with Crippen molar-refractivity contribution in [1.29, 1.82) is 0 Å². The van der Waals surface area contributed by atoms with Gasteiger partial charge in [0.2, 0.25) is 0 Å². The lowest BCUT2D eigenvalue weighted by atomic mass is 9.82. The minimum atomic E-state index is 0.0290. The van der Waals surface area contributed by atoms with Gasteiger partial charge in [0, 0.05) is 156 Å². The summed E-state index contributed by atoms with van der Waals surface area (Å²) >= 11 is 0. The van der Waals surface area contributed by atoms with Crippen molar-refractivity contribution in [3.8, 4) is 0 Å². The Morgan fingerprint density at radius 3 is 0.880 bits per heavy atom. The van der Waals surface area contributed by atoms with Gasteiger partial charge in [-0.05, 0) is 119 Å². The molecule has 15 nitrogen and oxygen atoms in total. The molecule has 133 heavy (non-hydrogen) atoms. The highest BCUT2D eigenvalue weighted by molar-refractivity contribution is 5.80. The van der Waals surface area contributed by atoms with Crippen LogP contribution in [0.5, 0.6) is 0 Å². The molecule has 0 amide bonds. The monoisotopic (exact) mass is 1810 g/mol. The van der Waals surface area contributed by atoms with E-state index in [0.717, 1.165) is 79.6 Å². The first-order valence-corrected chi connectivity index (χ1v) is 48.3. The highest BCUT2D eigenvalue weighted by Gasteiger charge is 2.29. The van der Waals surface area contributed by atoms with Gasteiger partial charge in [-0.25, -0.2) is 34.9 Å². The van der Waals surface area contributed by atoms with Crippen molar-refractivity contribution in [2.75, 3.05) is 0 Å². The minimum absolute atomic E-state index is 0.0290. The third-order valence-electron chi connectivity index (χ3n) is 22.2. The van der Waals surface area contributed by atoms with Gasteiger partial charge >= 0.3 is 0 Å². The molecule has 0 saturated carbocycles. The van der Waals surface area contributed by atoms with Gasteiger partial charge in [-0.2, -0.15) is 0 Å². The Labute approximate surface area is 812 Å². The number of pyridine rings is 3. The molecule has 9 aromatic heterocycles. The van der Waals surface area contributed by atoms with Crippen molar-refractivity contribution in [3.05, 3.63) is 249 Å². The second-order valence-corrected chi connectivity index (χ2v) is 54.8. The van der Waals surface area contributed by atoms with E-state index in [1.54, 1.807) is 6.33 Å². The molecule has 2 aromatic carbocycles. The molecule has 0 aliphatic heterocycles. The van der Waals surface area contributed by atoms with Crippen molar-refractivity contribution < 1.29 is 0 Å². The van der Waals surface area contributed by atoms with Crippen LogP contribution in [-0.4, -0.2) is 74.8 Å². The summed E-state index contributed by atoms with van der Waals surface area (Å²) in [5, 5.41) is 1.23. The summed E-state index contributed by atoms with van der Waals surface area (Å²) in [5.74, 6) is 2.88. The van der Waals surface area contributed by atoms with Crippen LogP contribution in [0.3, 0.4) is 0 Å². The van der Waals surface area contributed by atoms with Crippen LogP contribution < -0.4 is 0 Å². The number of aromatic amines is 1. The van der Waals surface area contributed by atoms with E-state index in [9.17, 15) is 0 Å². The predicted octanol–water partition coefficient (Wildman–Crippen LogP) is 31.7. The molecule has 15 heteroatoms. The summed E-state index contributed by atoms with van der Waals surface area (Å²) in [7, 11) is 0. The van der Waals surface area contributed by atoms with E-state index in [1.165, 1.54) is 44.3 Å². The van der Waals surface area contributed by atoms with Gasteiger partial charge in [-0.1, -0.05) is 404 Å². The van der Waals surface area contributed by atoms with Crippen LogP contribution in [0, 0.1) is 0 Å². The number of benzene rings is 2. The number of hydrogen-bond donors (Lipinski definition) is 1. The van der Waals surface area contributed by atoms with Crippen LogP contribution in [0.4, 0.5) is 0 Å². The number of rotatable bonds is 0. The standard InChI is InChI=1S/C17H23N.C15H22N2.2C13H21N.5C12H20N2/c1-16(2,3)13-8-7-12-9-14(17(4,5)6)11-18-15(12)10-13;1-14(2,3)10-7-8-11-12(9-10)17-13(16-11)15(4,5)6;1-12(2,3)10-7-11(9-14-8-10)13(4,5)6;1-12(2,3)10-7-8-11(14-9-10)13(4,5)6;1-11(2,3)9-7-14-10(8-13-9)12(4,5)6;1-11(2,3)9-7-13-8-10(14-9)12(4,5)6;1-11(2,3)9-7-10(12(4,5)6)14-8-13-9;1-11(2,3)9-7-13-10(14-8-9)12(4,5)6;1-11(2,3)9-7-8-13-10(14-9)12(4,5)6/h7-11H,1-6H3;7-9H,1-6H3,(H,16,17);2*7-9H,1-6H3;5*7-8H,1-6H3. The number of nitrogens with zero attached hydrogens (tertiary/aromatic N) is 14. The summed E-state index contributed by atoms with van der Waals surface area (Å²) < 4.78 is 0. The van der Waals surface area contributed by atoms with Crippen molar-refractivity contribution in [2.24, 2.45) is 0 Å². The molecular formula is C118H187N15. The SMILES string of the molecule is CC(C)(C)c1cc(C(C)(C)C)ncn1.CC(C)(C)c1ccc(C(C)(C)C)nc1.CC(C)(C)c1ccc2nc(C(C)(C)C)[nH]c2c1.CC(C)(C)c1ccnc(C(C)(C)C)n1.CC(C)(C)c1cnc(C(C)(C)C)cn1.CC(C)(C)c1cnc(C(C)(C)C)nc1.CC(C)(C)c1cnc2cc(C(C)(C)C)ccc2c1.CC(C)(C)c1cncc(C(C)(C)C)c1.CC(C)(C)c1cncc(C(C)(C)C)n1. The summed E-state index contributed by atoms with van der Waals surface area (Å²) in [4.78, 5) is 65.7. The lowest BCUT2D eigenvalue weighted by Crippen LogP contribution is -2.21. The fraction of sp³-hybridized carbons (Fsp3) is 0.610. The zero-order valence-corrected chi connectivity index (χ0v) is 94.6. The number of nitrogens with one attached hydrogen (secondary N) is 1. The molecule has 0 atom stereocenters. The second kappa shape index (κ2) is 44.0. The molecule has 734 valence electrons. The Morgan fingerprint density at radius 1 is 0.180 bits per heavy atom. The van der Waals surface area contributed by atoms with Crippen LogP contribution in [-0.2, 0) is 97.5 Å². The fourth-order valence-corrected chi connectivity index (χ4v) is 12.0.